The minimum absolute atomic E-state index is 0.0960. The van der Waals surface area contributed by atoms with Gasteiger partial charge in [-0.15, -0.1) is 0 Å². The molecule has 0 radical (unpaired) electrons. The molecular weight excluding hydrogens is 258 g/mol. The zero-order valence-electron chi connectivity index (χ0n) is 12.4. The van der Waals surface area contributed by atoms with Crippen LogP contribution in [0.15, 0.2) is 54.6 Å². The highest BCUT2D eigenvalue weighted by atomic mass is 16.2. The summed E-state index contributed by atoms with van der Waals surface area (Å²) in [6.45, 7) is 1.83. The summed E-state index contributed by atoms with van der Waals surface area (Å²) >= 11 is 0. The fourth-order valence-electron chi connectivity index (χ4n) is 2.24. The van der Waals surface area contributed by atoms with Crippen molar-refractivity contribution in [3.63, 3.8) is 0 Å². The average molecular weight is 279 g/mol. The zero-order chi connectivity index (χ0) is 14.9. The van der Waals surface area contributed by atoms with Crippen LogP contribution in [0.25, 0.3) is 0 Å². The molecule has 2 rings (SSSR count). The molecule has 2 aromatic carbocycles. The average Bonchev–Trinajstić information content (AvgIpc) is 2.52. The Labute approximate surface area is 127 Å². The Hall–Kier alpha value is -2.08. The van der Waals surface area contributed by atoms with E-state index in [0.29, 0.717) is 0 Å². The van der Waals surface area contributed by atoms with E-state index < -0.39 is 0 Å². The van der Waals surface area contributed by atoms with Crippen molar-refractivity contribution in [1.29, 1.82) is 0 Å². The third-order valence-corrected chi connectivity index (χ3v) is 3.32. The molecule has 0 spiro atoms. The van der Waals surface area contributed by atoms with Crippen LogP contribution in [0.5, 0.6) is 0 Å². The third kappa shape index (κ3) is 5.43. The molecule has 0 unspecified atom stereocenters. The van der Waals surface area contributed by atoms with Crippen molar-refractivity contribution in [1.82, 2.24) is 4.90 Å². The van der Waals surface area contributed by atoms with Crippen molar-refractivity contribution in [2.75, 3.05) is 20.2 Å². The second-order valence-corrected chi connectivity index (χ2v) is 5.13. The molecule has 0 aliphatic carbocycles. The number of rotatable bonds is 5. The van der Waals surface area contributed by atoms with Crippen LogP contribution >= 0.6 is 0 Å². The zero-order valence-corrected chi connectivity index (χ0v) is 12.4. The molecule has 2 nitrogen and oxygen atoms in total. The molecule has 0 bridgehead atoms. The highest BCUT2D eigenvalue weighted by Gasteiger charge is 2.01. The second-order valence-electron chi connectivity index (χ2n) is 5.13. The lowest BCUT2D eigenvalue weighted by molar-refractivity contribution is 0.331. The molecular formula is C19H21NO. The van der Waals surface area contributed by atoms with Crippen molar-refractivity contribution in [2.24, 2.45) is 0 Å². The Morgan fingerprint density at radius 1 is 1.00 bits per heavy atom. The van der Waals surface area contributed by atoms with Gasteiger partial charge in [-0.25, -0.2) is 0 Å². The number of aliphatic hydroxyl groups excluding tert-OH is 1. The predicted octanol–water partition coefficient (Wildman–Crippen LogP) is 2.70. The van der Waals surface area contributed by atoms with Gasteiger partial charge in [-0.1, -0.05) is 54.3 Å². The van der Waals surface area contributed by atoms with E-state index in [2.05, 4.69) is 60.2 Å². The third-order valence-electron chi connectivity index (χ3n) is 3.32. The normalized spacial score (nSPS) is 10.2. The highest BCUT2D eigenvalue weighted by molar-refractivity contribution is 5.37. The first-order valence-electron chi connectivity index (χ1n) is 7.19. The van der Waals surface area contributed by atoms with Gasteiger partial charge in [0.1, 0.15) is 6.61 Å². The Morgan fingerprint density at radius 2 is 1.76 bits per heavy atom. The highest BCUT2D eigenvalue weighted by Crippen LogP contribution is 2.08. The second kappa shape index (κ2) is 8.26. The Morgan fingerprint density at radius 3 is 2.52 bits per heavy atom. The molecule has 1 N–H and O–H groups in total. The maximum atomic E-state index is 8.74. The molecule has 0 amide bonds. The molecule has 0 atom stereocenters. The Kier molecular flexibility index (Phi) is 6.02. The van der Waals surface area contributed by atoms with Crippen LogP contribution in [0.1, 0.15) is 16.7 Å². The van der Waals surface area contributed by atoms with Gasteiger partial charge in [-0.3, -0.25) is 0 Å². The van der Waals surface area contributed by atoms with Gasteiger partial charge in [-0.2, -0.15) is 0 Å². The van der Waals surface area contributed by atoms with Gasteiger partial charge in [0.25, 0.3) is 0 Å². The molecule has 2 aromatic rings. The molecule has 21 heavy (non-hydrogen) atoms. The summed E-state index contributed by atoms with van der Waals surface area (Å²) in [7, 11) is 2.13. The first-order valence-corrected chi connectivity index (χ1v) is 7.19. The Balaban J connectivity index is 1.89. The molecule has 0 saturated carbocycles. The Bertz CT molecular complexity index is 610. The van der Waals surface area contributed by atoms with Crippen molar-refractivity contribution in [3.05, 3.63) is 71.3 Å². The number of hydrogen-bond acceptors (Lipinski definition) is 2. The number of hydrogen-bond donors (Lipinski definition) is 1. The standard InChI is InChI=1S/C19H21NO/c1-20(13-12-17-7-3-2-4-8-17)16-19-10-5-9-18(15-19)11-6-14-21/h2-5,7-10,15,21H,12-14,16H2,1H3. The predicted molar refractivity (Wildman–Crippen MR) is 86.9 cm³/mol. The maximum Gasteiger partial charge on any atom is 0.104 e. The lowest BCUT2D eigenvalue weighted by Gasteiger charge is -2.16. The van der Waals surface area contributed by atoms with Crippen LogP contribution in [0.2, 0.25) is 0 Å². The number of aliphatic hydroxyl groups is 1. The van der Waals surface area contributed by atoms with Crippen molar-refractivity contribution in [2.45, 2.75) is 13.0 Å². The fourth-order valence-corrected chi connectivity index (χ4v) is 2.24. The largest absolute Gasteiger partial charge is 0.384 e. The van der Waals surface area contributed by atoms with Crippen molar-refractivity contribution < 1.29 is 5.11 Å². The smallest absolute Gasteiger partial charge is 0.104 e. The quantitative estimate of drug-likeness (QED) is 0.851. The van der Waals surface area contributed by atoms with Crippen molar-refractivity contribution in [3.8, 4) is 11.8 Å². The summed E-state index contributed by atoms with van der Waals surface area (Å²) in [5, 5.41) is 8.74. The molecule has 0 aliphatic rings. The van der Waals surface area contributed by atoms with E-state index in [9.17, 15) is 0 Å². The van der Waals surface area contributed by atoms with Gasteiger partial charge >= 0.3 is 0 Å². The van der Waals surface area contributed by atoms with Crippen LogP contribution in [0, 0.1) is 11.8 Å². The van der Waals surface area contributed by atoms with Crippen LogP contribution in [-0.2, 0) is 13.0 Å². The topological polar surface area (TPSA) is 23.5 Å². The summed E-state index contributed by atoms with van der Waals surface area (Å²) in [5.74, 6) is 5.63. The van der Waals surface area contributed by atoms with Gasteiger partial charge in [0.15, 0.2) is 0 Å². The molecule has 108 valence electrons. The van der Waals surface area contributed by atoms with Crippen LogP contribution in [-0.4, -0.2) is 30.2 Å². The van der Waals surface area contributed by atoms with Crippen LogP contribution < -0.4 is 0 Å². The molecule has 0 aliphatic heterocycles. The van der Waals surface area contributed by atoms with Gasteiger partial charge in [0, 0.05) is 18.7 Å². The van der Waals surface area contributed by atoms with Gasteiger partial charge < -0.3 is 10.0 Å². The van der Waals surface area contributed by atoms with E-state index in [1.165, 1.54) is 11.1 Å². The fraction of sp³-hybridized carbons (Fsp3) is 0.263. The first kappa shape index (κ1) is 15.3. The maximum absolute atomic E-state index is 8.74. The van der Waals surface area contributed by atoms with E-state index in [1.54, 1.807) is 0 Å². The summed E-state index contributed by atoms with van der Waals surface area (Å²) in [5.41, 5.74) is 3.57. The number of benzene rings is 2. The lowest BCUT2D eigenvalue weighted by Crippen LogP contribution is -2.20. The number of likely N-dealkylation sites (N-methyl/N-ethyl adjacent to an activating group) is 1. The lowest BCUT2D eigenvalue weighted by atomic mass is 10.1. The van der Waals surface area contributed by atoms with E-state index >= 15 is 0 Å². The first-order chi connectivity index (χ1) is 10.3. The van der Waals surface area contributed by atoms with Crippen molar-refractivity contribution >= 4 is 0 Å². The number of nitrogens with zero attached hydrogens (tertiary/aromatic N) is 1. The summed E-state index contributed by atoms with van der Waals surface area (Å²) in [6, 6.07) is 18.7. The summed E-state index contributed by atoms with van der Waals surface area (Å²) in [4.78, 5) is 2.31. The minimum atomic E-state index is -0.0960. The van der Waals surface area contributed by atoms with E-state index in [0.717, 1.165) is 25.1 Å². The van der Waals surface area contributed by atoms with Gasteiger partial charge in [0.2, 0.25) is 0 Å². The van der Waals surface area contributed by atoms with Gasteiger partial charge in [-0.05, 0) is 36.7 Å². The molecule has 0 saturated heterocycles. The molecule has 2 heteroatoms. The van der Waals surface area contributed by atoms with Crippen LogP contribution in [0.3, 0.4) is 0 Å². The minimum Gasteiger partial charge on any atom is -0.384 e. The van der Waals surface area contributed by atoms with Crippen LogP contribution in [0.4, 0.5) is 0 Å². The molecule has 0 heterocycles. The van der Waals surface area contributed by atoms with E-state index in [-0.39, 0.29) is 6.61 Å². The van der Waals surface area contributed by atoms with E-state index in [1.807, 2.05) is 18.2 Å². The molecule has 0 aromatic heterocycles. The summed E-state index contributed by atoms with van der Waals surface area (Å²) < 4.78 is 0. The van der Waals surface area contributed by atoms with Gasteiger partial charge in [0.05, 0.1) is 0 Å². The monoisotopic (exact) mass is 279 g/mol. The summed E-state index contributed by atoms with van der Waals surface area (Å²) in [6.07, 6.45) is 1.06. The van der Waals surface area contributed by atoms with E-state index in [4.69, 9.17) is 5.11 Å². The SMILES string of the molecule is CN(CCc1ccccc1)Cc1cccc(C#CCO)c1. The molecule has 0 fully saturated rings.